The molecule has 0 bridgehead atoms. The van der Waals surface area contributed by atoms with E-state index in [9.17, 15) is 5.26 Å². The molecule has 152 valence electrons. The number of nitrogens with zero attached hydrogens (tertiary/aromatic N) is 3. The molecule has 4 aromatic carbocycles. The number of aromatic nitrogens is 2. The van der Waals surface area contributed by atoms with Crippen molar-refractivity contribution in [2.24, 2.45) is 0 Å². The third-order valence-electron chi connectivity index (χ3n) is 5.46. The molecule has 5 aromatic rings. The summed E-state index contributed by atoms with van der Waals surface area (Å²) < 4.78 is 0. The lowest BCUT2D eigenvalue weighted by atomic mass is 9.91. The second-order valence-corrected chi connectivity index (χ2v) is 7.67. The van der Waals surface area contributed by atoms with Crippen molar-refractivity contribution in [1.82, 2.24) is 9.97 Å². The Morgan fingerprint density at radius 3 is 1.70 bits per heavy atom. The molecule has 0 fully saturated rings. The van der Waals surface area contributed by atoms with Crippen LogP contribution in [0, 0.1) is 11.3 Å². The minimum absolute atomic E-state index is 0.450. The number of hydrogen-bond donors (Lipinski definition) is 0. The van der Waals surface area contributed by atoms with Gasteiger partial charge in [0.2, 0.25) is 0 Å². The van der Waals surface area contributed by atoms with E-state index >= 15 is 0 Å². The molecule has 0 amide bonds. The first-order chi connectivity index (χ1) is 16.2. The van der Waals surface area contributed by atoms with E-state index in [2.05, 4.69) is 6.07 Å². The molecule has 0 saturated carbocycles. The molecule has 0 aliphatic heterocycles. The van der Waals surface area contributed by atoms with Gasteiger partial charge in [-0.05, 0) is 17.2 Å². The minimum Gasteiger partial charge on any atom is -0.227 e. The maximum absolute atomic E-state index is 10.2. The Labute approximate surface area is 194 Å². The third kappa shape index (κ3) is 4.17. The van der Waals surface area contributed by atoms with Gasteiger partial charge in [0.15, 0.2) is 5.82 Å². The molecule has 0 aliphatic rings. The van der Waals surface area contributed by atoms with Crippen LogP contribution in [0.3, 0.4) is 0 Å². The first-order valence-electron chi connectivity index (χ1n) is 10.6. The summed E-state index contributed by atoms with van der Waals surface area (Å²) in [6, 6.07) is 37.7. The van der Waals surface area contributed by atoms with E-state index in [-0.39, 0.29) is 0 Å². The zero-order chi connectivity index (χ0) is 22.6. The quantitative estimate of drug-likeness (QED) is 0.346. The molecule has 0 aliphatic carbocycles. The fourth-order valence-corrected chi connectivity index (χ4v) is 3.86. The molecule has 3 nitrogen and oxygen atoms in total. The first kappa shape index (κ1) is 20.4. The molecule has 0 saturated heterocycles. The molecule has 2 radical (unpaired) electrons. The molecule has 0 unspecified atom stereocenters. The van der Waals surface area contributed by atoms with Crippen LogP contribution in [0.4, 0.5) is 0 Å². The van der Waals surface area contributed by atoms with Gasteiger partial charge in [0.05, 0.1) is 11.4 Å². The Kier molecular flexibility index (Phi) is 5.53. The highest BCUT2D eigenvalue weighted by atomic mass is 14.9. The van der Waals surface area contributed by atoms with Gasteiger partial charge in [-0.25, -0.2) is 9.97 Å². The maximum atomic E-state index is 10.2. The van der Waals surface area contributed by atoms with Crippen LogP contribution in [-0.4, -0.2) is 17.8 Å². The van der Waals surface area contributed by atoms with Gasteiger partial charge in [0.1, 0.15) is 19.5 Å². The molecular weight excluding hydrogens is 401 g/mol. The van der Waals surface area contributed by atoms with Gasteiger partial charge in [0, 0.05) is 16.7 Å². The van der Waals surface area contributed by atoms with Gasteiger partial charge in [-0.1, -0.05) is 109 Å². The number of benzene rings is 4. The Bertz CT molecular complexity index is 1470. The molecule has 0 N–H and O–H groups in total. The zero-order valence-electron chi connectivity index (χ0n) is 17.8. The van der Waals surface area contributed by atoms with Crippen LogP contribution < -0.4 is 5.46 Å². The van der Waals surface area contributed by atoms with Gasteiger partial charge in [-0.15, -0.1) is 0 Å². The highest BCUT2D eigenvalue weighted by molar-refractivity contribution is 6.32. The van der Waals surface area contributed by atoms with E-state index < -0.39 is 0 Å². The topological polar surface area (TPSA) is 49.6 Å². The van der Waals surface area contributed by atoms with Crippen LogP contribution in [0.15, 0.2) is 109 Å². The average Bonchev–Trinajstić information content (AvgIpc) is 2.89. The Morgan fingerprint density at radius 2 is 1.06 bits per heavy atom. The van der Waals surface area contributed by atoms with Gasteiger partial charge >= 0.3 is 0 Å². The zero-order valence-corrected chi connectivity index (χ0v) is 17.8. The number of nitriles is 1. The fourth-order valence-electron chi connectivity index (χ4n) is 3.86. The standard InChI is InChI=1S/C29H18BN3/c30-25-16-8-14-23(18-25)22-13-7-15-24(17-22)28-26(19-31)27(20-9-3-1-4-10-20)32-29(33-28)21-11-5-2-6-12-21/h1-18H. The summed E-state index contributed by atoms with van der Waals surface area (Å²) in [5.74, 6) is 0.581. The van der Waals surface area contributed by atoms with E-state index in [4.69, 9.17) is 17.8 Å². The molecule has 4 heteroatoms. The van der Waals surface area contributed by atoms with Crippen molar-refractivity contribution >= 4 is 13.3 Å². The summed E-state index contributed by atoms with van der Waals surface area (Å²) in [5.41, 5.74) is 7.02. The molecule has 0 atom stereocenters. The van der Waals surface area contributed by atoms with Gasteiger partial charge in [-0.2, -0.15) is 5.26 Å². The van der Waals surface area contributed by atoms with Crippen molar-refractivity contribution in [3.8, 4) is 51.1 Å². The molecule has 5 rings (SSSR count). The minimum atomic E-state index is 0.450. The Hall–Kier alpha value is -4.49. The summed E-state index contributed by atoms with van der Waals surface area (Å²) in [6.45, 7) is 0. The normalized spacial score (nSPS) is 10.5. The van der Waals surface area contributed by atoms with Gasteiger partial charge in [-0.3, -0.25) is 0 Å². The molecular formula is C29H18BN3. The number of rotatable bonds is 4. The first-order valence-corrected chi connectivity index (χ1v) is 10.6. The van der Waals surface area contributed by atoms with Crippen LogP contribution in [0.25, 0.3) is 45.0 Å². The highest BCUT2D eigenvalue weighted by Crippen LogP contribution is 2.33. The van der Waals surface area contributed by atoms with E-state index in [1.165, 1.54) is 0 Å². The fraction of sp³-hybridized carbons (Fsp3) is 0. The van der Waals surface area contributed by atoms with Crippen molar-refractivity contribution in [2.45, 2.75) is 0 Å². The van der Waals surface area contributed by atoms with Gasteiger partial charge in [0.25, 0.3) is 0 Å². The summed E-state index contributed by atoms with van der Waals surface area (Å²) in [6.07, 6.45) is 0. The van der Waals surface area contributed by atoms with Crippen LogP contribution in [-0.2, 0) is 0 Å². The Morgan fingerprint density at radius 1 is 0.545 bits per heavy atom. The lowest BCUT2D eigenvalue weighted by Crippen LogP contribution is -2.02. The number of hydrogen-bond acceptors (Lipinski definition) is 3. The Balaban J connectivity index is 1.75. The predicted molar refractivity (Wildman–Crippen MR) is 134 cm³/mol. The van der Waals surface area contributed by atoms with Crippen molar-refractivity contribution in [1.29, 1.82) is 5.26 Å². The summed E-state index contributed by atoms with van der Waals surface area (Å²) in [7, 11) is 6.00. The van der Waals surface area contributed by atoms with Crippen LogP contribution in [0.5, 0.6) is 0 Å². The molecule has 0 spiro atoms. The summed E-state index contributed by atoms with van der Waals surface area (Å²) >= 11 is 0. The van der Waals surface area contributed by atoms with Crippen LogP contribution >= 0.6 is 0 Å². The van der Waals surface area contributed by atoms with Crippen LogP contribution in [0.2, 0.25) is 0 Å². The van der Waals surface area contributed by atoms with E-state index in [1.54, 1.807) is 0 Å². The largest absolute Gasteiger partial charge is 0.227 e. The molecule has 1 aromatic heterocycles. The predicted octanol–water partition coefficient (Wildman–Crippen LogP) is 5.81. The second kappa shape index (κ2) is 8.94. The molecule has 1 heterocycles. The third-order valence-corrected chi connectivity index (χ3v) is 5.46. The summed E-state index contributed by atoms with van der Waals surface area (Å²) in [5, 5.41) is 10.2. The maximum Gasteiger partial charge on any atom is 0.160 e. The van der Waals surface area contributed by atoms with E-state index in [1.807, 2.05) is 109 Å². The SMILES string of the molecule is [B]c1cccc(-c2cccc(-c3nc(-c4ccccc4)nc(-c4ccccc4)c3C#N)c2)c1. The molecule has 33 heavy (non-hydrogen) atoms. The van der Waals surface area contributed by atoms with Crippen molar-refractivity contribution < 1.29 is 0 Å². The van der Waals surface area contributed by atoms with Crippen molar-refractivity contribution in [3.05, 3.63) is 115 Å². The van der Waals surface area contributed by atoms with E-state index in [0.717, 1.165) is 27.8 Å². The lowest BCUT2D eigenvalue weighted by Gasteiger charge is -2.13. The van der Waals surface area contributed by atoms with Crippen molar-refractivity contribution in [3.63, 3.8) is 0 Å². The second-order valence-electron chi connectivity index (χ2n) is 7.67. The smallest absolute Gasteiger partial charge is 0.160 e. The lowest BCUT2D eigenvalue weighted by molar-refractivity contribution is 1.17. The summed E-state index contributed by atoms with van der Waals surface area (Å²) in [4.78, 5) is 9.68. The van der Waals surface area contributed by atoms with Crippen molar-refractivity contribution in [2.75, 3.05) is 0 Å². The van der Waals surface area contributed by atoms with E-state index in [0.29, 0.717) is 28.2 Å². The van der Waals surface area contributed by atoms with Gasteiger partial charge < -0.3 is 0 Å². The average molecular weight is 419 g/mol. The van der Waals surface area contributed by atoms with Crippen LogP contribution in [0.1, 0.15) is 5.56 Å². The monoisotopic (exact) mass is 419 g/mol. The highest BCUT2D eigenvalue weighted by Gasteiger charge is 2.18.